The molecule has 35 heavy (non-hydrogen) atoms. The third-order valence-corrected chi connectivity index (χ3v) is 6.38. The fraction of sp³-hybridized carbons (Fsp3) is 0.400. The molecule has 1 saturated heterocycles. The van der Waals surface area contributed by atoms with E-state index in [-0.39, 0.29) is 36.1 Å². The standard InChI is InChI=1S/C25H26F3N3O4/c1-2-21(32)30-13-11-17(12-14-30)31-22(19-5-3-4-6-20(19)24(31)34)23(33)29-15-16-7-9-18(10-8-16)35-25(26,27)28/h3-10,17,22H,2,11-15H2,1H3,(H,29,33). The Hall–Kier alpha value is -3.56. The summed E-state index contributed by atoms with van der Waals surface area (Å²) in [4.78, 5) is 42.0. The quantitative estimate of drug-likeness (QED) is 0.670. The molecule has 2 aliphatic rings. The van der Waals surface area contributed by atoms with Crippen molar-refractivity contribution in [2.75, 3.05) is 13.1 Å². The lowest BCUT2D eigenvalue weighted by molar-refractivity contribution is -0.274. The summed E-state index contributed by atoms with van der Waals surface area (Å²) < 4.78 is 40.9. The van der Waals surface area contributed by atoms with Crippen LogP contribution in [0.15, 0.2) is 48.5 Å². The number of carbonyl (C=O) groups is 3. The van der Waals surface area contributed by atoms with Crippen LogP contribution in [-0.4, -0.2) is 53.0 Å². The molecule has 4 rings (SSSR count). The number of nitrogens with one attached hydrogen (secondary N) is 1. The summed E-state index contributed by atoms with van der Waals surface area (Å²) in [7, 11) is 0. The molecule has 0 saturated carbocycles. The zero-order chi connectivity index (χ0) is 25.2. The Kier molecular flexibility index (Phi) is 7.00. The number of carbonyl (C=O) groups excluding carboxylic acids is 3. The van der Waals surface area contributed by atoms with Crippen LogP contribution in [0.3, 0.4) is 0 Å². The lowest BCUT2D eigenvalue weighted by atomic mass is 10.00. The van der Waals surface area contributed by atoms with Gasteiger partial charge in [0.05, 0.1) is 0 Å². The zero-order valence-electron chi connectivity index (χ0n) is 19.2. The highest BCUT2D eigenvalue weighted by Crippen LogP contribution is 2.38. The Bertz CT molecular complexity index is 1100. The molecule has 1 unspecified atom stereocenters. The van der Waals surface area contributed by atoms with Crippen LogP contribution in [0.25, 0.3) is 0 Å². The number of nitrogens with zero attached hydrogens (tertiary/aromatic N) is 2. The van der Waals surface area contributed by atoms with Gasteiger partial charge in [-0.3, -0.25) is 14.4 Å². The molecule has 3 amide bonds. The van der Waals surface area contributed by atoms with E-state index in [0.717, 1.165) is 0 Å². The van der Waals surface area contributed by atoms with Gasteiger partial charge in [0.1, 0.15) is 11.8 Å². The number of ether oxygens (including phenoxy) is 1. The molecule has 1 N–H and O–H groups in total. The second-order valence-electron chi connectivity index (χ2n) is 8.58. The van der Waals surface area contributed by atoms with E-state index < -0.39 is 12.4 Å². The predicted molar refractivity (Wildman–Crippen MR) is 120 cm³/mol. The molecule has 186 valence electrons. The first-order chi connectivity index (χ1) is 16.7. The molecule has 1 fully saturated rings. The second-order valence-corrected chi connectivity index (χ2v) is 8.58. The highest BCUT2D eigenvalue weighted by atomic mass is 19.4. The van der Waals surface area contributed by atoms with Crippen molar-refractivity contribution in [2.24, 2.45) is 0 Å². The van der Waals surface area contributed by atoms with Gasteiger partial charge in [0.2, 0.25) is 11.8 Å². The number of hydrogen-bond acceptors (Lipinski definition) is 4. The maximum atomic E-state index is 13.3. The molecular formula is C25H26F3N3O4. The van der Waals surface area contributed by atoms with Gasteiger partial charge in [-0.25, -0.2) is 0 Å². The van der Waals surface area contributed by atoms with Crippen LogP contribution in [0.2, 0.25) is 0 Å². The summed E-state index contributed by atoms with van der Waals surface area (Å²) in [6.45, 7) is 2.94. The molecule has 1 atom stereocenters. The highest BCUT2D eigenvalue weighted by Gasteiger charge is 2.45. The molecule has 10 heteroatoms. The van der Waals surface area contributed by atoms with E-state index in [1.54, 1.807) is 34.1 Å². The van der Waals surface area contributed by atoms with Crippen molar-refractivity contribution in [3.8, 4) is 5.75 Å². The fourth-order valence-electron chi connectivity index (χ4n) is 4.69. The zero-order valence-corrected chi connectivity index (χ0v) is 19.2. The van der Waals surface area contributed by atoms with Crippen molar-refractivity contribution < 1.29 is 32.3 Å². The normalized spacial score (nSPS) is 18.4. The van der Waals surface area contributed by atoms with Crippen LogP contribution in [-0.2, 0) is 16.1 Å². The van der Waals surface area contributed by atoms with E-state index in [2.05, 4.69) is 10.1 Å². The largest absolute Gasteiger partial charge is 0.573 e. The number of benzene rings is 2. The number of likely N-dealkylation sites (tertiary alicyclic amines) is 1. The smallest absolute Gasteiger partial charge is 0.406 e. The monoisotopic (exact) mass is 489 g/mol. The minimum atomic E-state index is -4.78. The Morgan fingerprint density at radius 3 is 2.34 bits per heavy atom. The summed E-state index contributed by atoms with van der Waals surface area (Å²) in [6.07, 6.45) is -3.19. The molecule has 0 aliphatic carbocycles. The van der Waals surface area contributed by atoms with E-state index in [4.69, 9.17) is 0 Å². The topological polar surface area (TPSA) is 79.0 Å². The first-order valence-electron chi connectivity index (χ1n) is 11.5. The summed E-state index contributed by atoms with van der Waals surface area (Å²) >= 11 is 0. The first kappa shape index (κ1) is 24.6. The number of fused-ring (bicyclic) bond motifs is 1. The van der Waals surface area contributed by atoms with Gasteiger partial charge in [-0.05, 0) is 42.2 Å². The van der Waals surface area contributed by atoms with Gasteiger partial charge in [0.25, 0.3) is 5.91 Å². The van der Waals surface area contributed by atoms with Gasteiger partial charge in [0.15, 0.2) is 0 Å². The molecule has 0 spiro atoms. The van der Waals surface area contributed by atoms with Crippen molar-refractivity contribution in [3.05, 3.63) is 65.2 Å². The summed E-state index contributed by atoms with van der Waals surface area (Å²) in [5.74, 6) is -0.858. The Balaban J connectivity index is 1.47. The van der Waals surface area contributed by atoms with Crippen LogP contribution in [0.4, 0.5) is 13.2 Å². The van der Waals surface area contributed by atoms with Gasteiger partial charge in [0, 0.05) is 37.7 Å². The van der Waals surface area contributed by atoms with Gasteiger partial charge in [-0.2, -0.15) is 0 Å². The number of hydrogen-bond donors (Lipinski definition) is 1. The van der Waals surface area contributed by atoms with Crippen molar-refractivity contribution in [3.63, 3.8) is 0 Å². The Morgan fingerprint density at radius 1 is 1.06 bits per heavy atom. The van der Waals surface area contributed by atoms with Crippen molar-refractivity contribution in [1.82, 2.24) is 15.1 Å². The first-order valence-corrected chi connectivity index (χ1v) is 11.5. The Morgan fingerprint density at radius 2 is 1.71 bits per heavy atom. The summed E-state index contributed by atoms with van der Waals surface area (Å²) in [5.41, 5.74) is 1.69. The fourth-order valence-corrected chi connectivity index (χ4v) is 4.69. The van der Waals surface area contributed by atoms with Crippen LogP contribution in [0.5, 0.6) is 5.75 Å². The number of rotatable bonds is 6. The van der Waals surface area contributed by atoms with Crippen molar-refractivity contribution in [1.29, 1.82) is 0 Å². The second kappa shape index (κ2) is 9.97. The van der Waals surface area contributed by atoms with Crippen molar-refractivity contribution in [2.45, 2.75) is 51.2 Å². The van der Waals surface area contributed by atoms with Crippen LogP contribution in [0, 0.1) is 0 Å². The van der Waals surface area contributed by atoms with Crippen molar-refractivity contribution >= 4 is 17.7 Å². The summed E-state index contributed by atoms with van der Waals surface area (Å²) in [5, 5.41) is 2.81. The SMILES string of the molecule is CCC(=O)N1CCC(N2C(=O)c3ccccc3C2C(=O)NCc2ccc(OC(F)(F)F)cc2)CC1. The molecule has 2 heterocycles. The molecule has 2 aliphatic heterocycles. The van der Waals surface area contributed by atoms with Gasteiger partial charge >= 0.3 is 6.36 Å². The molecule has 7 nitrogen and oxygen atoms in total. The van der Waals surface area contributed by atoms with E-state index in [0.29, 0.717) is 49.0 Å². The minimum Gasteiger partial charge on any atom is -0.406 e. The molecule has 0 aromatic heterocycles. The molecule has 2 aromatic carbocycles. The van der Waals surface area contributed by atoms with Gasteiger partial charge in [-0.1, -0.05) is 37.3 Å². The number of amides is 3. The number of alkyl halides is 3. The lowest BCUT2D eigenvalue weighted by Gasteiger charge is -2.39. The van der Waals surface area contributed by atoms with E-state index in [9.17, 15) is 27.6 Å². The van der Waals surface area contributed by atoms with Crippen LogP contribution < -0.4 is 10.1 Å². The van der Waals surface area contributed by atoms with Gasteiger partial charge < -0.3 is 19.9 Å². The maximum absolute atomic E-state index is 13.3. The third kappa shape index (κ3) is 5.41. The maximum Gasteiger partial charge on any atom is 0.573 e. The van der Waals surface area contributed by atoms with Gasteiger partial charge in [-0.15, -0.1) is 13.2 Å². The molecule has 2 aromatic rings. The van der Waals surface area contributed by atoms with Crippen LogP contribution in [0.1, 0.15) is 53.7 Å². The average Bonchev–Trinajstić information content (AvgIpc) is 3.14. The third-order valence-electron chi connectivity index (χ3n) is 6.38. The number of piperidine rings is 1. The van der Waals surface area contributed by atoms with E-state index >= 15 is 0 Å². The lowest BCUT2D eigenvalue weighted by Crippen LogP contribution is -2.50. The molecule has 0 bridgehead atoms. The minimum absolute atomic E-state index is 0.0698. The highest BCUT2D eigenvalue weighted by molar-refractivity contribution is 6.04. The van der Waals surface area contributed by atoms with Crippen LogP contribution >= 0.6 is 0 Å². The van der Waals surface area contributed by atoms with E-state index in [1.807, 2.05) is 6.92 Å². The number of halogens is 3. The molecule has 0 radical (unpaired) electrons. The summed E-state index contributed by atoms with van der Waals surface area (Å²) in [6, 6.07) is 11.2. The predicted octanol–water partition coefficient (Wildman–Crippen LogP) is 3.80. The molecular weight excluding hydrogens is 463 g/mol. The van der Waals surface area contributed by atoms with E-state index in [1.165, 1.54) is 24.3 Å². The Labute approximate surface area is 200 Å². The average molecular weight is 489 g/mol.